The Hall–Kier alpha value is -3.31. The molecule has 1 atom stereocenters. The van der Waals surface area contributed by atoms with Crippen molar-refractivity contribution < 1.29 is 14.3 Å². The summed E-state index contributed by atoms with van der Waals surface area (Å²) in [6.45, 7) is 5.39. The molecule has 0 spiro atoms. The van der Waals surface area contributed by atoms with Crippen molar-refractivity contribution in [3.05, 3.63) is 101 Å². The van der Waals surface area contributed by atoms with E-state index in [0.29, 0.717) is 43.3 Å². The van der Waals surface area contributed by atoms with Crippen LogP contribution in [0.15, 0.2) is 78.9 Å². The zero-order valence-corrected chi connectivity index (χ0v) is 21.8. The molecule has 0 heterocycles. The van der Waals surface area contributed by atoms with Crippen LogP contribution in [0.4, 0.5) is 0 Å². The van der Waals surface area contributed by atoms with Gasteiger partial charge in [-0.1, -0.05) is 78.7 Å². The van der Waals surface area contributed by atoms with Crippen LogP contribution in [0.1, 0.15) is 42.9 Å². The molecule has 0 radical (unpaired) electrons. The van der Waals surface area contributed by atoms with E-state index in [1.165, 1.54) is 0 Å². The monoisotopic (exact) mass is 506 g/mol. The second-order valence-corrected chi connectivity index (χ2v) is 9.35. The van der Waals surface area contributed by atoms with Gasteiger partial charge in [0.05, 0.1) is 6.61 Å². The van der Waals surface area contributed by atoms with E-state index >= 15 is 0 Å². The number of benzene rings is 3. The number of amides is 2. The first-order valence-corrected chi connectivity index (χ1v) is 12.9. The molecule has 36 heavy (non-hydrogen) atoms. The Morgan fingerprint density at radius 1 is 0.972 bits per heavy atom. The zero-order chi connectivity index (χ0) is 25.8. The van der Waals surface area contributed by atoms with E-state index in [0.717, 1.165) is 23.1 Å². The van der Waals surface area contributed by atoms with Crippen molar-refractivity contribution in [1.82, 2.24) is 10.2 Å². The van der Waals surface area contributed by atoms with Gasteiger partial charge < -0.3 is 15.0 Å². The van der Waals surface area contributed by atoms with Gasteiger partial charge in [0, 0.05) is 31.0 Å². The third kappa shape index (κ3) is 8.72. The maximum atomic E-state index is 13.6. The number of nitrogens with zero attached hydrogens (tertiary/aromatic N) is 1. The molecule has 1 N–H and O–H groups in total. The summed E-state index contributed by atoms with van der Waals surface area (Å²) in [5.41, 5.74) is 3.13. The predicted molar refractivity (Wildman–Crippen MR) is 145 cm³/mol. The summed E-state index contributed by atoms with van der Waals surface area (Å²) >= 11 is 5.93. The Morgan fingerprint density at radius 3 is 2.39 bits per heavy atom. The van der Waals surface area contributed by atoms with Gasteiger partial charge in [0.25, 0.3) is 0 Å². The maximum Gasteiger partial charge on any atom is 0.243 e. The molecule has 0 fully saturated rings. The van der Waals surface area contributed by atoms with E-state index < -0.39 is 6.04 Å². The van der Waals surface area contributed by atoms with Gasteiger partial charge in [0.15, 0.2) is 0 Å². The van der Waals surface area contributed by atoms with Gasteiger partial charge in [-0.2, -0.15) is 0 Å². The average molecular weight is 507 g/mol. The lowest BCUT2D eigenvalue weighted by atomic mass is 10.0. The first-order chi connectivity index (χ1) is 17.5. The highest BCUT2D eigenvalue weighted by Crippen LogP contribution is 2.18. The topological polar surface area (TPSA) is 58.6 Å². The minimum atomic E-state index is -0.607. The lowest BCUT2D eigenvalue weighted by Crippen LogP contribution is -2.50. The minimum absolute atomic E-state index is 0.0659. The smallest absolute Gasteiger partial charge is 0.243 e. The summed E-state index contributed by atoms with van der Waals surface area (Å²) in [4.78, 5) is 28.6. The minimum Gasteiger partial charge on any atom is -0.494 e. The fourth-order valence-electron chi connectivity index (χ4n) is 4.02. The Kier molecular flexibility index (Phi) is 10.8. The van der Waals surface area contributed by atoms with E-state index in [4.69, 9.17) is 16.3 Å². The predicted octanol–water partition coefficient (Wildman–Crippen LogP) is 5.97. The second-order valence-electron chi connectivity index (χ2n) is 8.91. The van der Waals surface area contributed by atoms with E-state index in [2.05, 4.69) is 11.4 Å². The molecule has 190 valence electrons. The number of nitrogens with one attached hydrogen (secondary N) is 1. The standard InChI is InChI=1S/C30H35ClN2O3/c1-3-18-32-30(35)28(21-24-10-5-4-6-11-24)33(22-25-12-7-9-23(2)20-25)29(34)13-8-19-36-27-16-14-26(31)15-17-27/h4-7,9-12,14-17,20,28H,3,8,13,18-19,21-22H2,1-2H3,(H,32,35)/t28-/m1/s1. The molecule has 3 aromatic carbocycles. The summed E-state index contributed by atoms with van der Waals surface area (Å²) in [6.07, 6.45) is 2.11. The number of hydrogen-bond acceptors (Lipinski definition) is 3. The van der Waals surface area contributed by atoms with Crippen LogP contribution in [0.3, 0.4) is 0 Å². The van der Waals surface area contributed by atoms with Crippen LogP contribution in [0.5, 0.6) is 5.75 Å². The first kappa shape index (κ1) is 27.3. The number of ether oxygens (including phenoxy) is 1. The molecule has 0 saturated carbocycles. The number of halogens is 1. The number of rotatable bonds is 13. The summed E-state index contributed by atoms with van der Waals surface area (Å²) in [7, 11) is 0. The summed E-state index contributed by atoms with van der Waals surface area (Å²) in [5.74, 6) is 0.521. The SMILES string of the molecule is CCCNC(=O)[C@@H](Cc1ccccc1)N(Cc1cccc(C)c1)C(=O)CCCOc1ccc(Cl)cc1. The molecule has 0 bridgehead atoms. The second kappa shape index (κ2) is 14.3. The van der Waals surface area contributed by atoms with Crippen molar-refractivity contribution in [3.8, 4) is 5.75 Å². The van der Waals surface area contributed by atoms with Crippen molar-refractivity contribution >= 4 is 23.4 Å². The number of carbonyl (C=O) groups excluding carboxylic acids is 2. The van der Waals surface area contributed by atoms with E-state index in [-0.39, 0.29) is 18.2 Å². The molecule has 5 nitrogen and oxygen atoms in total. The molecule has 0 unspecified atom stereocenters. The van der Waals surface area contributed by atoms with Crippen molar-refractivity contribution in [3.63, 3.8) is 0 Å². The molecular weight excluding hydrogens is 472 g/mol. The van der Waals surface area contributed by atoms with Crippen LogP contribution in [-0.4, -0.2) is 35.9 Å². The highest BCUT2D eigenvalue weighted by molar-refractivity contribution is 6.30. The largest absolute Gasteiger partial charge is 0.494 e. The van der Waals surface area contributed by atoms with Gasteiger partial charge >= 0.3 is 0 Å². The number of aryl methyl sites for hydroxylation is 1. The van der Waals surface area contributed by atoms with Gasteiger partial charge in [-0.25, -0.2) is 0 Å². The van der Waals surface area contributed by atoms with Crippen LogP contribution in [0, 0.1) is 6.92 Å². The Bertz CT molecular complexity index is 1100. The van der Waals surface area contributed by atoms with Gasteiger partial charge in [-0.05, 0) is 55.2 Å². The van der Waals surface area contributed by atoms with Crippen LogP contribution >= 0.6 is 11.6 Å². The average Bonchev–Trinajstić information content (AvgIpc) is 2.88. The third-order valence-electron chi connectivity index (χ3n) is 5.87. The van der Waals surface area contributed by atoms with Gasteiger partial charge in [0.1, 0.15) is 11.8 Å². The van der Waals surface area contributed by atoms with E-state index in [9.17, 15) is 9.59 Å². The molecule has 0 aliphatic rings. The molecular formula is C30H35ClN2O3. The molecule has 0 saturated heterocycles. The molecule has 0 aliphatic heterocycles. The van der Waals surface area contributed by atoms with Crippen molar-refractivity contribution in [2.24, 2.45) is 0 Å². The van der Waals surface area contributed by atoms with Crippen LogP contribution < -0.4 is 10.1 Å². The van der Waals surface area contributed by atoms with E-state index in [1.807, 2.05) is 74.5 Å². The fraction of sp³-hybridized carbons (Fsp3) is 0.333. The Labute approximate surface area is 219 Å². The zero-order valence-electron chi connectivity index (χ0n) is 21.1. The molecule has 3 aromatic rings. The van der Waals surface area contributed by atoms with Gasteiger partial charge in [-0.3, -0.25) is 9.59 Å². The van der Waals surface area contributed by atoms with Crippen molar-refractivity contribution in [2.75, 3.05) is 13.2 Å². The fourth-order valence-corrected chi connectivity index (χ4v) is 4.14. The Morgan fingerprint density at radius 2 is 1.69 bits per heavy atom. The Balaban J connectivity index is 1.77. The number of hydrogen-bond donors (Lipinski definition) is 1. The maximum absolute atomic E-state index is 13.6. The van der Waals surface area contributed by atoms with Crippen LogP contribution in [0.2, 0.25) is 5.02 Å². The van der Waals surface area contributed by atoms with E-state index in [1.54, 1.807) is 17.0 Å². The highest BCUT2D eigenvalue weighted by Gasteiger charge is 2.30. The molecule has 2 amide bonds. The third-order valence-corrected chi connectivity index (χ3v) is 6.13. The lowest BCUT2D eigenvalue weighted by molar-refractivity contribution is -0.141. The van der Waals surface area contributed by atoms with Crippen LogP contribution in [-0.2, 0) is 22.6 Å². The molecule has 3 rings (SSSR count). The normalized spacial score (nSPS) is 11.5. The van der Waals surface area contributed by atoms with Gasteiger partial charge in [-0.15, -0.1) is 0 Å². The summed E-state index contributed by atoms with van der Waals surface area (Å²) < 4.78 is 5.77. The summed E-state index contributed by atoms with van der Waals surface area (Å²) in [5, 5.41) is 3.66. The molecule has 0 aromatic heterocycles. The van der Waals surface area contributed by atoms with Crippen molar-refractivity contribution in [2.45, 2.75) is 52.1 Å². The summed E-state index contributed by atoms with van der Waals surface area (Å²) in [6, 6.07) is 24.5. The molecule has 6 heteroatoms. The first-order valence-electron chi connectivity index (χ1n) is 12.5. The van der Waals surface area contributed by atoms with Gasteiger partial charge in [0.2, 0.25) is 11.8 Å². The highest BCUT2D eigenvalue weighted by atomic mass is 35.5. The number of carbonyl (C=O) groups is 2. The quantitative estimate of drug-likeness (QED) is 0.290. The van der Waals surface area contributed by atoms with Crippen molar-refractivity contribution in [1.29, 1.82) is 0 Å². The molecule has 0 aliphatic carbocycles. The van der Waals surface area contributed by atoms with Crippen LogP contribution in [0.25, 0.3) is 0 Å². The lowest BCUT2D eigenvalue weighted by Gasteiger charge is -2.31.